The van der Waals surface area contributed by atoms with Gasteiger partial charge in [0, 0.05) is 24.3 Å². The smallest absolute Gasteiger partial charge is 0.264 e. The van der Waals surface area contributed by atoms with E-state index in [1.807, 2.05) is 12.1 Å². The predicted octanol–water partition coefficient (Wildman–Crippen LogP) is 1.88. The van der Waals surface area contributed by atoms with Crippen molar-refractivity contribution in [2.75, 3.05) is 25.0 Å². The SMILES string of the molecule is O=c1cc(-c2ccc(NC3CN4CCC3CC4)cc2)[nH][nH]1. The van der Waals surface area contributed by atoms with Gasteiger partial charge in [0.25, 0.3) is 5.56 Å². The van der Waals surface area contributed by atoms with Gasteiger partial charge in [0.15, 0.2) is 0 Å². The molecular formula is C16H20N4O. The molecule has 0 aliphatic carbocycles. The molecule has 3 fully saturated rings. The number of aromatic nitrogens is 2. The van der Waals surface area contributed by atoms with Crippen molar-refractivity contribution < 1.29 is 0 Å². The van der Waals surface area contributed by atoms with Crippen molar-refractivity contribution in [2.45, 2.75) is 18.9 Å². The van der Waals surface area contributed by atoms with Crippen molar-refractivity contribution in [3.8, 4) is 11.3 Å². The zero-order valence-corrected chi connectivity index (χ0v) is 11.9. The van der Waals surface area contributed by atoms with Gasteiger partial charge in [-0.05, 0) is 49.5 Å². The van der Waals surface area contributed by atoms with E-state index in [0.717, 1.165) is 29.4 Å². The average molecular weight is 284 g/mol. The van der Waals surface area contributed by atoms with Crippen LogP contribution in [0, 0.1) is 5.92 Å². The highest BCUT2D eigenvalue weighted by Gasteiger charge is 2.33. The van der Waals surface area contributed by atoms with Crippen LogP contribution in [0.15, 0.2) is 35.1 Å². The normalized spacial score (nSPS) is 27.7. The second-order valence-corrected chi connectivity index (χ2v) is 6.14. The van der Waals surface area contributed by atoms with E-state index in [1.165, 1.54) is 25.9 Å². The summed E-state index contributed by atoms with van der Waals surface area (Å²) >= 11 is 0. The van der Waals surface area contributed by atoms with Crippen molar-refractivity contribution in [3.63, 3.8) is 0 Å². The second kappa shape index (κ2) is 5.07. The molecule has 3 aliphatic rings. The van der Waals surface area contributed by atoms with E-state index in [9.17, 15) is 4.79 Å². The van der Waals surface area contributed by atoms with Crippen LogP contribution in [0.4, 0.5) is 5.69 Å². The molecule has 1 atom stereocenters. The van der Waals surface area contributed by atoms with Gasteiger partial charge in [0.1, 0.15) is 0 Å². The van der Waals surface area contributed by atoms with E-state index in [0.29, 0.717) is 6.04 Å². The fourth-order valence-corrected chi connectivity index (χ4v) is 3.58. The van der Waals surface area contributed by atoms with Crippen molar-refractivity contribution in [1.29, 1.82) is 0 Å². The number of nitrogens with zero attached hydrogens (tertiary/aromatic N) is 1. The summed E-state index contributed by atoms with van der Waals surface area (Å²) in [7, 11) is 0. The molecule has 0 radical (unpaired) electrons. The minimum atomic E-state index is -0.0977. The highest BCUT2D eigenvalue weighted by molar-refractivity contribution is 5.62. The molecule has 1 unspecified atom stereocenters. The summed E-state index contributed by atoms with van der Waals surface area (Å²) in [5, 5.41) is 9.12. The first-order valence-electron chi connectivity index (χ1n) is 7.65. The van der Waals surface area contributed by atoms with Crippen LogP contribution in [0.1, 0.15) is 12.8 Å². The molecule has 0 spiro atoms. The van der Waals surface area contributed by atoms with Crippen molar-refractivity contribution in [3.05, 3.63) is 40.7 Å². The summed E-state index contributed by atoms with van der Waals surface area (Å²) in [6.45, 7) is 3.70. The Balaban J connectivity index is 1.48. The Morgan fingerprint density at radius 2 is 1.86 bits per heavy atom. The molecule has 4 heterocycles. The van der Waals surface area contributed by atoms with Crippen molar-refractivity contribution in [1.82, 2.24) is 15.1 Å². The molecule has 2 aromatic rings. The fraction of sp³-hybridized carbons (Fsp3) is 0.438. The van der Waals surface area contributed by atoms with Gasteiger partial charge in [0.2, 0.25) is 0 Å². The highest BCUT2D eigenvalue weighted by Crippen LogP contribution is 2.30. The quantitative estimate of drug-likeness (QED) is 0.806. The molecule has 2 bridgehead atoms. The summed E-state index contributed by atoms with van der Waals surface area (Å²) < 4.78 is 0. The van der Waals surface area contributed by atoms with Crippen LogP contribution in [-0.4, -0.2) is 40.8 Å². The third-order valence-electron chi connectivity index (χ3n) is 4.80. The van der Waals surface area contributed by atoms with E-state index < -0.39 is 0 Å². The Bertz CT molecular complexity index is 664. The predicted molar refractivity (Wildman–Crippen MR) is 83.4 cm³/mol. The Morgan fingerprint density at radius 1 is 1.10 bits per heavy atom. The molecule has 5 rings (SSSR count). The van der Waals surface area contributed by atoms with Gasteiger partial charge in [-0.15, -0.1) is 0 Å². The molecule has 1 aromatic heterocycles. The first-order chi connectivity index (χ1) is 10.3. The number of hydrogen-bond donors (Lipinski definition) is 3. The Kier molecular flexibility index (Phi) is 3.07. The third kappa shape index (κ3) is 2.49. The molecule has 0 amide bonds. The van der Waals surface area contributed by atoms with Gasteiger partial charge in [-0.2, -0.15) is 0 Å². The van der Waals surface area contributed by atoms with Crippen LogP contribution in [-0.2, 0) is 0 Å². The summed E-state index contributed by atoms with van der Waals surface area (Å²) in [5.41, 5.74) is 2.91. The van der Waals surface area contributed by atoms with Crippen LogP contribution in [0.3, 0.4) is 0 Å². The number of hydrogen-bond acceptors (Lipinski definition) is 3. The maximum atomic E-state index is 11.2. The van der Waals surface area contributed by atoms with Crippen LogP contribution < -0.4 is 10.9 Å². The third-order valence-corrected chi connectivity index (χ3v) is 4.80. The lowest BCUT2D eigenvalue weighted by molar-refractivity contribution is 0.0975. The minimum absolute atomic E-state index is 0.0977. The molecule has 21 heavy (non-hydrogen) atoms. The zero-order valence-electron chi connectivity index (χ0n) is 11.9. The molecule has 5 nitrogen and oxygen atoms in total. The van der Waals surface area contributed by atoms with E-state index in [1.54, 1.807) is 6.07 Å². The molecular weight excluding hydrogens is 264 g/mol. The van der Waals surface area contributed by atoms with Gasteiger partial charge in [-0.25, -0.2) is 0 Å². The lowest BCUT2D eigenvalue weighted by Gasteiger charge is -2.45. The maximum Gasteiger partial charge on any atom is 0.264 e. The number of benzene rings is 1. The number of aromatic amines is 2. The number of fused-ring (bicyclic) bond motifs is 3. The molecule has 1 aromatic carbocycles. The minimum Gasteiger partial charge on any atom is -0.381 e. The van der Waals surface area contributed by atoms with Gasteiger partial charge in [-0.3, -0.25) is 15.0 Å². The van der Waals surface area contributed by atoms with E-state index >= 15 is 0 Å². The Labute approximate surface area is 123 Å². The summed E-state index contributed by atoms with van der Waals surface area (Å²) in [5.74, 6) is 0.815. The Hall–Kier alpha value is -2.01. The summed E-state index contributed by atoms with van der Waals surface area (Å²) in [4.78, 5) is 13.7. The maximum absolute atomic E-state index is 11.2. The van der Waals surface area contributed by atoms with E-state index in [2.05, 4.69) is 32.5 Å². The highest BCUT2D eigenvalue weighted by atomic mass is 16.1. The molecule has 3 aliphatic heterocycles. The lowest BCUT2D eigenvalue weighted by atomic mass is 9.84. The molecule has 5 heteroatoms. The monoisotopic (exact) mass is 284 g/mol. The number of nitrogens with one attached hydrogen (secondary N) is 3. The standard InChI is InChI=1S/C16H20N4O/c21-16-9-14(18-19-16)11-1-3-13(4-2-11)17-15-10-20-7-5-12(15)6-8-20/h1-4,9,12,15,17H,5-8,10H2,(H2,18,19,21). The van der Waals surface area contributed by atoms with Crippen molar-refractivity contribution >= 4 is 5.69 Å². The van der Waals surface area contributed by atoms with Crippen LogP contribution >= 0.6 is 0 Å². The lowest BCUT2D eigenvalue weighted by Crippen LogP contribution is -2.53. The first-order valence-corrected chi connectivity index (χ1v) is 7.65. The first kappa shape index (κ1) is 12.7. The van der Waals surface area contributed by atoms with Gasteiger partial charge < -0.3 is 10.2 Å². The van der Waals surface area contributed by atoms with Gasteiger partial charge in [0.05, 0.1) is 5.69 Å². The largest absolute Gasteiger partial charge is 0.381 e. The number of H-pyrrole nitrogens is 2. The molecule has 3 N–H and O–H groups in total. The van der Waals surface area contributed by atoms with E-state index in [-0.39, 0.29) is 5.56 Å². The average Bonchev–Trinajstić information content (AvgIpc) is 2.96. The second-order valence-electron chi connectivity index (χ2n) is 6.14. The zero-order chi connectivity index (χ0) is 14.2. The van der Waals surface area contributed by atoms with Gasteiger partial charge >= 0.3 is 0 Å². The molecule has 110 valence electrons. The molecule has 0 saturated carbocycles. The topological polar surface area (TPSA) is 63.9 Å². The number of piperidine rings is 3. The van der Waals surface area contributed by atoms with Crippen LogP contribution in [0.5, 0.6) is 0 Å². The van der Waals surface area contributed by atoms with E-state index in [4.69, 9.17) is 0 Å². The number of rotatable bonds is 3. The summed E-state index contributed by atoms with van der Waals surface area (Å²) in [6, 6.07) is 10.4. The molecule has 3 saturated heterocycles. The number of anilines is 1. The van der Waals surface area contributed by atoms with Crippen molar-refractivity contribution in [2.24, 2.45) is 5.92 Å². The summed E-state index contributed by atoms with van der Waals surface area (Å²) in [6.07, 6.45) is 2.64. The Morgan fingerprint density at radius 3 is 2.43 bits per heavy atom. The van der Waals surface area contributed by atoms with Crippen LogP contribution in [0.2, 0.25) is 0 Å². The van der Waals surface area contributed by atoms with Gasteiger partial charge in [-0.1, -0.05) is 12.1 Å². The van der Waals surface area contributed by atoms with Crippen LogP contribution in [0.25, 0.3) is 11.3 Å². The fourth-order valence-electron chi connectivity index (χ4n) is 3.58.